The van der Waals surface area contributed by atoms with E-state index in [1.807, 2.05) is 24.3 Å². The quantitative estimate of drug-likeness (QED) is 0.830. The van der Waals surface area contributed by atoms with Gasteiger partial charge in [-0.2, -0.15) is 0 Å². The Labute approximate surface area is 145 Å². The molecule has 0 radical (unpaired) electrons. The summed E-state index contributed by atoms with van der Waals surface area (Å²) >= 11 is 0. The van der Waals surface area contributed by atoms with Gasteiger partial charge in [0.05, 0.1) is 0 Å². The Morgan fingerprint density at radius 2 is 1.58 bits per heavy atom. The minimum absolute atomic E-state index is 0.0480. The van der Waals surface area contributed by atoms with Crippen LogP contribution in [0.3, 0.4) is 0 Å². The van der Waals surface area contributed by atoms with Crippen LogP contribution in [0.4, 0.5) is 5.69 Å². The zero-order valence-electron chi connectivity index (χ0n) is 15.3. The lowest BCUT2D eigenvalue weighted by Gasteiger charge is -2.21. The van der Waals surface area contributed by atoms with Gasteiger partial charge in [-0.1, -0.05) is 57.2 Å². The molecule has 3 nitrogen and oxygen atoms in total. The maximum atomic E-state index is 11.0. The van der Waals surface area contributed by atoms with Gasteiger partial charge in [0, 0.05) is 25.2 Å². The van der Waals surface area contributed by atoms with Crippen molar-refractivity contribution >= 4 is 11.6 Å². The number of amides is 1. The fourth-order valence-corrected chi connectivity index (χ4v) is 2.57. The molecule has 0 aliphatic carbocycles. The number of rotatable bonds is 5. The lowest BCUT2D eigenvalue weighted by Crippen LogP contribution is -2.18. The van der Waals surface area contributed by atoms with Crippen molar-refractivity contribution in [3.05, 3.63) is 65.2 Å². The van der Waals surface area contributed by atoms with E-state index in [0.29, 0.717) is 0 Å². The average Bonchev–Trinajstić information content (AvgIpc) is 2.52. The van der Waals surface area contributed by atoms with E-state index in [1.165, 1.54) is 23.6 Å². The Morgan fingerprint density at radius 1 is 1.00 bits per heavy atom. The van der Waals surface area contributed by atoms with E-state index in [-0.39, 0.29) is 17.4 Å². The number of anilines is 1. The van der Waals surface area contributed by atoms with Crippen molar-refractivity contribution in [1.82, 2.24) is 5.32 Å². The predicted molar refractivity (Wildman–Crippen MR) is 101 cm³/mol. The van der Waals surface area contributed by atoms with Crippen LogP contribution in [-0.2, 0) is 16.8 Å². The van der Waals surface area contributed by atoms with E-state index >= 15 is 0 Å². The summed E-state index contributed by atoms with van der Waals surface area (Å²) in [6.07, 6.45) is 0. The molecular formula is C21H28N2O. The number of hydrogen-bond donors (Lipinski definition) is 2. The molecule has 0 aliphatic heterocycles. The third kappa shape index (κ3) is 5.20. The van der Waals surface area contributed by atoms with Gasteiger partial charge in [0.2, 0.25) is 5.91 Å². The second kappa shape index (κ2) is 7.63. The van der Waals surface area contributed by atoms with E-state index in [4.69, 9.17) is 0 Å². The van der Waals surface area contributed by atoms with Crippen LogP contribution in [0.5, 0.6) is 0 Å². The van der Waals surface area contributed by atoms with Crippen LogP contribution in [0.1, 0.15) is 57.4 Å². The SMILES string of the molecule is CC(=O)Nc1ccc(CNC(C)c2ccc(C(C)(C)C)cc2)cc1. The monoisotopic (exact) mass is 324 g/mol. The van der Waals surface area contributed by atoms with E-state index in [1.54, 1.807) is 0 Å². The number of benzene rings is 2. The third-order valence-electron chi connectivity index (χ3n) is 4.16. The summed E-state index contributed by atoms with van der Waals surface area (Å²) in [7, 11) is 0. The van der Waals surface area contributed by atoms with Gasteiger partial charge in [0.25, 0.3) is 0 Å². The summed E-state index contributed by atoms with van der Waals surface area (Å²) in [5.41, 5.74) is 4.86. The summed E-state index contributed by atoms with van der Waals surface area (Å²) in [5.74, 6) is -0.0480. The Morgan fingerprint density at radius 3 is 2.08 bits per heavy atom. The molecule has 24 heavy (non-hydrogen) atoms. The van der Waals surface area contributed by atoms with Crippen molar-refractivity contribution in [2.45, 2.75) is 52.6 Å². The summed E-state index contributed by atoms with van der Waals surface area (Å²) in [4.78, 5) is 11.0. The van der Waals surface area contributed by atoms with E-state index in [0.717, 1.165) is 12.2 Å². The molecule has 2 aromatic carbocycles. The minimum atomic E-state index is -0.0480. The lowest BCUT2D eigenvalue weighted by molar-refractivity contribution is -0.114. The van der Waals surface area contributed by atoms with Gasteiger partial charge in [0.1, 0.15) is 0 Å². The fraction of sp³-hybridized carbons (Fsp3) is 0.381. The second-order valence-electron chi connectivity index (χ2n) is 7.35. The van der Waals surface area contributed by atoms with E-state index in [9.17, 15) is 4.79 Å². The van der Waals surface area contributed by atoms with Crippen LogP contribution < -0.4 is 10.6 Å². The van der Waals surface area contributed by atoms with Crippen LogP contribution in [0.25, 0.3) is 0 Å². The standard InChI is InChI=1S/C21H28N2O/c1-15(18-8-10-19(11-9-18)21(3,4)5)22-14-17-6-12-20(13-7-17)23-16(2)24/h6-13,15,22H,14H2,1-5H3,(H,23,24). The van der Waals surface area contributed by atoms with Crippen molar-refractivity contribution in [2.75, 3.05) is 5.32 Å². The van der Waals surface area contributed by atoms with Gasteiger partial charge >= 0.3 is 0 Å². The third-order valence-corrected chi connectivity index (χ3v) is 4.16. The van der Waals surface area contributed by atoms with Crippen LogP contribution in [0, 0.1) is 0 Å². The molecule has 0 aromatic heterocycles. The first-order valence-electron chi connectivity index (χ1n) is 8.46. The molecule has 1 unspecified atom stereocenters. The predicted octanol–water partition coefficient (Wildman–Crippen LogP) is 4.79. The van der Waals surface area contributed by atoms with Crippen molar-refractivity contribution < 1.29 is 4.79 Å². The molecule has 0 spiro atoms. The maximum absolute atomic E-state index is 11.0. The van der Waals surface area contributed by atoms with Gasteiger partial charge in [0.15, 0.2) is 0 Å². The van der Waals surface area contributed by atoms with Crippen LogP contribution in [-0.4, -0.2) is 5.91 Å². The lowest BCUT2D eigenvalue weighted by atomic mass is 9.86. The zero-order valence-corrected chi connectivity index (χ0v) is 15.3. The van der Waals surface area contributed by atoms with E-state index in [2.05, 4.69) is 62.6 Å². The number of hydrogen-bond acceptors (Lipinski definition) is 2. The molecule has 2 rings (SSSR count). The Balaban J connectivity index is 1.92. The summed E-state index contributed by atoms with van der Waals surface area (Å²) in [6.45, 7) is 11.2. The Bertz CT molecular complexity index is 666. The van der Waals surface area contributed by atoms with Gasteiger partial charge in [-0.25, -0.2) is 0 Å². The van der Waals surface area contributed by atoms with Gasteiger partial charge in [-0.05, 0) is 41.2 Å². The molecule has 0 saturated heterocycles. The Hall–Kier alpha value is -2.13. The van der Waals surface area contributed by atoms with Crippen molar-refractivity contribution in [1.29, 1.82) is 0 Å². The molecule has 2 N–H and O–H groups in total. The highest BCUT2D eigenvalue weighted by molar-refractivity contribution is 5.88. The molecule has 0 heterocycles. The van der Waals surface area contributed by atoms with Gasteiger partial charge in [-0.3, -0.25) is 4.79 Å². The van der Waals surface area contributed by atoms with Crippen molar-refractivity contribution in [3.63, 3.8) is 0 Å². The number of carbonyl (C=O) groups excluding carboxylic acids is 1. The smallest absolute Gasteiger partial charge is 0.221 e. The summed E-state index contributed by atoms with van der Waals surface area (Å²) < 4.78 is 0. The largest absolute Gasteiger partial charge is 0.326 e. The van der Waals surface area contributed by atoms with Crippen molar-refractivity contribution in [2.24, 2.45) is 0 Å². The topological polar surface area (TPSA) is 41.1 Å². The van der Waals surface area contributed by atoms with Gasteiger partial charge < -0.3 is 10.6 Å². The molecule has 1 atom stereocenters. The van der Waals surface area contributed by atoms with Crippen LogP contribution in [0.15, 0.2) is 48.5 Å². The summed E-state index contributed by atoms with van der Waals surface area (Å²) in [6, 6.07) is 17.1. The van der Waals surface area contributed by atoms with Gasteiger partial charge in [-0.15, -0.1) is 0 Å². The summed E-state index contributed by atoms with van der Waals surface area (Å²) in [5, 5.41) is 6.33. The van der Waals surface area contributed by atoms with Crippen molar-refractivity contribution in [3.8, 4) is 0 Å². The molecule has 0 bridgehead atoms. The molecule has 3 heteroatoms. The molecule has 0 aliphatic rings. The maximum Gasteiger partial charge on any atom is 0.221 e. The molecule has 1 amide bonds. The van der Waals surface area contributed by atoms with E-state index < -0.39 is 0 Å². The Kier molecular flexibility index (Phi) is 5.79. The van der Waals surface area contributed by atoms with Crippen LogP contribution >= 0.6 is 0 Å². The minimum Gasteiger partial charge on any atom is -0.326 e. The average molecular weight is 324 g/mol. The number of carbonyl (C=O) groups is 1. The fourth-order valence-electron chi connectivity index (χ4n) is 2.57. The first-order valence-corrected chi connectivity index (χ1v) is 8.46. The molecule has 128 valence electrons. The highest BCUT2D eigenvalue weighted by atomic mass is 16.1. The second-order valence-corrected chi connectivity index (χ2v) is 7.35. The molecule has 0 fully saturated rings. The number of nitrogens with one attached hydrogen (secondary N) is 2. The molecular weight excluding hydrogens is 296 g/mol. The highest BCUT2D eigenvalue weighted by Gasteiger charge is 2.13. The highest BCUT2D eigenvalue weighted by Crippen LogP contribution is 2.24. The first kappa shape index (κ1) is 18.2. The normalized spacial score (nSPS) is 12.7. The molecule has 0 saturated carbocycles. The zero-order chi connectivity index (χ0) is 17.7. The van der Waals surface area contributed by atoms with Crippen LogP contribution in [0.2, 0.25) is 0 Å². The first-order chi connectivity index (χ1) is 11.3. The molecule has 2 aromatic rings.